The Morgan fingerprint density at radius 2 is 2.13 bits per heavy atom. The minimum Gasteiger partial charge on any atom is -0.492 e. The maximum atomic E-state index is 5.99. The van der Waals surface area contributed by atoms with Crippen LogP contribution in [0.2, 0.25) is 0 Å². The highest BCUT2D eigenvalue weighted by Gasteiger charge is 2.27. The van der Waals surface area contributed by atoms with Crippen molar-refractivity contribution in [1.82, 2.24) is 25.5 Å². The minimum absolute atomic E-state index is 0.114. The largest absolute Gasteiger partial charge is 0.492 e. The molecule has 0 spiro atoms. The minimum atomic E-state index is -0.114. The van der Waals surface area contributed by atoms with Gasteiger partial charge in [-0.1, -0.05) is 46.3 Å². The van der Waals surface area contributed by atoms with E-state index in [0.717, 1.165) is 33.6 Å². The lowest BCUT2D eigenvalue weighted by molar-refractivity contribution is 0.230. The molecule has 0 bridgehead atoms. The molecule has 152 valence electrons. The fourth-order valence-electron chi connectivity index (χ4n) is 3.77. The van der Waals surface area contributed by atoms with E-state index in [1.54, 1.807) is 11.3 Å². The summed E-state index contributed by atoms with van der Waals surface area (Å²) in [5, 5.41) is 20.6. The number of hydrogen-bond donors (Lipinski definition) is 1. The Bertz CT molecular complexity index is 1130. The third-order valence-electron chi connectivity index (χ3n) is 5.20. The molecule has 3 heterocycles. The quantitative estimate of drug-likeness (QED) is 0.446. The van der Waals surface area contributed by atoms with Crippen molar-refractivity contribution in [2.24, 2.45) is 0 Å². The molecule has 6 nitrogen and oxygen atoms in total. The van der Waals surface area contributed by atoms with Crippen molar-refractivity contribution < 1.29 is 4.74 Å². The lowest BCUT2D eigenvalue weighted by Gasteiger charge is -2.29. The van der Waals surface area contributed by atoms with Crippen molar-refractivity contribution >= 4 is 27.3 Å². The number of aromatic nitrogens is 4. The Kier molecular flexibility index (Phi) is 5.61. The van der Waals surface area contributed by atoms with E-state index in [9.17, 15) is 0 Å². The predicted molar refractivity (Wildman–Crippen MR) is 120 cm³/mol. The van der Waals surface area contributed by atoms with E-state index in [-0.39, 0.29) is 12.1 Å². The average molecular weight is 482 g/mol. The highest BCUT2D eigenvalue weighted by molar-refractivity contribution is 9.10. The van der Waals surface area contributed by atoms with Crippen LogP contribution in [0.4, 0.5) is 0 Å². The molecule has 2 aromatic carbocycles. The summed E-state index contributed by atoms with van der Waals surface area (Å²) in [7, 11) is 0. The molecule has 1 aliphatic heterocycles. The molecule has 0 radical (unpaired) electrons. The summed E-state index contributed by atoms with van der Waals surface area (Å²) in [6.45, 7) is 1.22. The van der Waals surface area contributed by atoms with Crippen LogP contribution < -0.4 is 10.1 Å². The van der Waals surface area contributed by atoms with E-state index in [1.165, 1.54) is 5.56 Å². The van der Waals surface area contributed by atoms with Gasteiger partial charge in [0.05, 0.1) is 12.6 Å². The van der Waals surface area contributed by atoms with Gasteiger partial charge >= 0.3 is 0 Å². The fraction of sp³-hybridized carbons (Fsp3) is 0.227. The van der Waals surface area contributed by atoms with Gasteiger partial charge in [0.1, 0.15) is 12.4 Å². The first-order valence-electron chi connectivity index (χ1n) is 9.75. The Hall–Kier alpha value is -2.55. The summed E-state index contributed by atoms with van der Waals surface area (Å²) in [5.41, 5.74) is 3.51. The topological polar surface area (TPSA) is 64.9 Å². The van der Waals surface area contributed by atoms with Gasteiger partial charge < -0.3 is 4.74 Å². The molecule has 0 fully saturated rings. The predicted octanol–water partition coefficient (Wildman–Crippen LogP) is 4.23. The van der Waals surface area contributed by atoms with Gasteiger partial charge in [-0.05, 0) is 68.6 Å². The summed E-state index contributed by atoms with van der Waals surface area (Å²) in [6.07, 6.45) is 0.907. The van der Waals surface area contributed by atoms with Crippen LogP contribution in [0.5, 0.6) is 5.75 Å². The van der Waals surface area contributed by atoms with E-state index >= 15 is 0 Å². The number of rotatable bonds is 6. The molecule has 0 aliphatic carbocycles. The lowest BCUT2D eigenvalue weighted by Crippen LogP contribution is -2.42. The summed E-state index contributed by atoms with van der Waals surface area (Å²) in [5.74, 6) is 1.77. The van der Waals surface area contributed by atoms with Crippen LogP contribution in [-0.4, -0.2) is 32.9 Å². The van der Waals surface area contributed by atoms with Crippen molar-refractivity contribution in [1.29, 1.82) is 0 Å². The number of nitrogens with zero attached hydrogens (tertiary/aromatic N) is 4. The van der Waals surface area contributed by atoms with Crippen LogP contribution in [0.1, 0.15) is 28.6 Å². The number of halogens is 1. The maximum absolute atomic E-state index is 5.99. The molecular weight excluding hydrogens is 462 g/mol. The number of benzene rings is 2. The van der Waals surface area contributed by atoms with Crippen molar-refractivity contribution in [2.75, 3.05) is 6.61 Å². The van der Waals surface area contributed by atoms with Crippen molar-refractivity contribution in [2.45, 2.75) is 25.0 Å². The molecule has 2 atom stereocenters. The highest BCUT2D eigenvalue weighted by atomic mass is 79.9. The normalized spacial score (nSPS) is 16.6. The van der Waals surface area contributed by atoms with Crippen LogP contribution >= 0.6 is 27.3 Å². The van der Waals surface area contributed by atoms with Crippen LogP contribution in [0, 0.1) is 0 Å². The zero-order chi connectivity index (χ0) is 20.3. The second-order valence-electron chi connectivity index (χ2n) is 7.30. The summed E-state index contributed by atoms with van der Waals surface area (Å²) < 4.78 is 8.90. The van der Waals surface area contributed by atoms with E-state index in [4.69, 9.17) is 4.74 Å². The third kappa shape index (κ3) is 4.16. The smallest absolute Gasteiger partial charge is 0.173 e. The fourth-order valence-corrected chi connectivity index (χ4v) is 4.90. The van der Waals surface area contributed by atoms with Gasteiger partial charge in [-0.2, -0.15) is 11.3 Å². The molecule has 0 saturated carbocycles. The van der Waals surface area contributed by atoms with Crippen molar-refractivity contribution in [3.05, 3.63) is 92.3 Å². The third-order valence-corrected chi connectivity index (χ3v) is 6.39. The average Bonchev–Trinajstić information content (AvgIpc) is 3.44. The number of fused-ring (bicyclic) bond motifs is 1. The molecule has 0 amide bonds. The van der Waals surface area contributed by atoms with Crippen LogP contribution in [0.15, 0.2) is 69.8 Å². The molecule has 1 aliphatic rings. The van der Waals surface area contributed by atoms with Gasteiger partial charge in [-0.3, -0.25) is 5.32 Å². The molecule has 4 aromatic rings. The Labute approximate surface area is 187 Å². The molecule has 5 rings (SSSR count). The van der Waals surface area contributed by atoms with E-state index in [2.05, 4.69) is 77.9 Å². The van der Waals surface area contributed by atoms with Gasteiger partial charge in [0.2, 0.25) is 0 Å². The Morgan fingerprint density at radius 3 is 3.00 bits per heavy atom. The standard InChI is InChI=1S/C22H20BrN5OS/c23-18-6-3-4-15(10-18)12-28-22(25-26-27-28)21(17-8-9-30-14-17)24-19-11-16-5-1-2-7-20(16)29-13-19/h1-10,14,19,21,24H,11-13H2. The number of ether oxygens (including phenoxy) is 1. The lowest BCUT2D eigenvalue weighted by atomic mass is 10.0. The summed E-state index contributed by atoms with van der Waals surface area (Å²) >= 11 is 5.21. The summed E-state index contributed by atoms with van der Waals surface area (Å²) in [6, 6.07) is 18.6. The number of thiophene rings is 1. The Morgan fingerprint density at radius 1 is 1.20 bits per heavy atom. The van der Waals surface area contributed by atoms with E-state index < -0.39 is 0 Å². The number of para-hydroxylation sites is 1. The molecule has 1 N–H and O–H groups in total. The van der Waals surface area contributed by atoms with Gasteiger partial charge in [0, 0.05) is 10.5 Å². The molecule has 2 unspecified atom stereocenters. The summed E-state index contributed by atoms with van der Waals surface area (Å²) in [4.78, 5) is 0. The van der Waals surface area contributed by atoms with Gasteiger partial charge in [0.15, 0.2) is 5.82 Å². The van der Waals surface area contributed by atoms with Gasteiger partial charge in [-0.15, -0.1) is 5.10 Å². The number of nitrogens with one attached hydrogen (secondary N) is 1. The van der Waals surface area contributed by atoms with Crippen molar-refractivity contribution in [3.8, 4) is 5.75 Å². The zero-order valence-corrected chi connectivity index (χ0v) is 18.5. The van der Waals surface area contributed by atoms with Crippen LogP contribution in [0.25, 0.3) is 0 Å². The molecule has 2 aromatic heterocycles. The highest BCUT2D eigenvalue weighted by Crippen LogP contribution is 2.28. The van der Waals surface area contributed by atoms with Gasteiger partial charge in [0.25, 0.3) is 0 Å². The van der Waals surface area contributed by atoms with E-state index in [0.29, 0.717) is 13.2 Å². The zero-order valence-electron chi connectivity index (χ0n) is 16.1. The number of hydrogen-bond acceptors (Lipinski definition) is 6. The van der Waals surface area contributed by atoms with Crippen molar-refractivity contribution in [3.63, 3.8) is 0 Å². The number of tetrazole rings is 1. The molecule has 0 saturated heterocycles. The van der Waals surface area contributed by atoms with Gasteiger partial charge in [-0.25, -0.2) is 4.68 Å². The second-order valence-corrected chi connectivity index (χ2v) is 9.00. The Balaban J connectivity index is 1.42. The molecule has 8 heteroatoms. The molecule has 30 heavy (non-hydrogen) atoms. The first kappa shape index (κ1) is 19.4. The molecular formula is C22H20BrN5OS. The monoisotopic (exact) mass is 481 g/mol. The first-order valence-corrected chi connectivity index (χ1v) is 11.5. The first-order chi connectivity index (χ1) is 14.8. The van der Waals surface area contributed by atoms with Crippen LogP contribution in [0.3, 0.4) is 0 Å². The second kappa shape index (κ2) is 8.67. The maximum Gasteiger partial charge on any atom is 0.173 e. The van der Waals surface area contributed by atoms with E-state index in [1.807, 2.05) is 28.9 Å². The SMILES string of the molecule is Brc1cccc(Cn2nnnc2C(NC2COc3ccccc3C2)c2ccsc2)c1. The van der Waals surface area contributed by atoms with Crippen LogP contribution in [-0.2, 0) is 13.0 Å².